The van der Waals surface area contributed by atoms with Crippen LogP contribution >= 0.6 is 0 Å². The Morgan fingerprint density at radius 3 is 1.97 bits per heavy atom. The van der Waals surface area contributed by atoms with Crippen molar-refractivity contribution in [2.24, 2.45) is 0 Å². The summed E-state index contributed by atoms with van der Waals surface area (Å²) in [4.78, 5) is 25.3. The summed E-state index contributed by atoms with van der Waals surface area (Å²) in [5, 5.41) is 4.95. The molecular weight excluding hydrogens is 410 g/mol. The Balaban J connectivity index is 2.44. The number of rotatable bonds is 10. The van der Waals surface area contributed by atoms with Crippen molar-refractivity contribution in [3.63, 3.8) is 0 Å². The van der Waals surface area contributed by atoms with Gasteiger partial charge in [-0.05, 0) is 50.6 Å². The van der Waals surface area contributed by atoms with Crippen LogP contribution in [0.5, 0.6) is 17.2 Å². The van der Waals surface area contributed by atoms with E-state index in [1.165, 1.54) is 25.2 Å². The van der Waals surface area contributed by atoms with Gasteiger partial charge >= 0.3 is 0 Å². The van der Waals surface area contributed by atoms with E-state index in [1.807, 2.05) is 6.92 Å². The Morgan fingerprint density at radius 2 is 1.48 bits per heavy atom. The minimum absolute atomic E-state index is 0.0904. The molecule has 9 heteroatoms. The lowest BCUT2D eigenvalue weighted by Gasteiger charge is -2.20. The third-order valence-corrected chi connectivity index (χ3v) is 4.23. The largest absolute Gasteiger partial charge is 0.490 e. The molecule has 2 amide bonds. The molecule has 0 aliphatic carbocycles. The van der Waals surface area contributed by atoms with Gasteiger partial charge in [0.2, 0.25) is 11.7 Å². The first-order valence-corrected chi connectivity index (χ1v) is 9.89. The van der Waals surface area contributed by atoms with Gasteiger partial charge in [-0.1, -0.05) is 6.07 Å². The molecule has 1 unspecified atom stereocenters. The van der Waals surface area contributed by atoms with Crippen molar-refractivity contribution < 1.29 is 32.6 Å². The van der Waals surface area contributed by atoms with Crippen LogP contribution in [0.3, 0.4) is 0 Å². The highest BCUT2D eigenvalue weighted by Gasteiger charge is 2.25. The fraction of sp³-hybridized carbons (Fsp3) is 0.364. The van der Waals surface area contributed by atoms with Crippen molar-refractivity contribution in [2.75, 3.05) is 26.9 Å². The van der Waals surface area contributed by atoms with Gasteiger partial charge in [0.25, 0.3) is 5.91 Å². The molecule has 0 heterocycles. The second-order valence-electron chi connectivity index (χ2n) is 6.29. The molecule has 0 aliphatic rings. The Labute approximate surface area is 179 Å². The third-order valence-electron chi connectivity index (χ3n) is 4.23. The Bertz CT molecular complexity index is 909. The molecule has 2 aromatic rings. The Kier molecular flexibility index (Phi) is 8.60. The summed E-state index contributed by atoms with van der Waals surface area (Å²) in [6.07, 6.45) is 0. The van der Waals surface area contributed by atoms with Crippen LogP contribution < -0.4 is 24.8 Å². The summed E-state index contributed by atoms with van der Waals surface area (Å²) >= 11 is 0. The van der Waals surface area contributed by atoms with Gasteiger partial charge in [0, 0.05) is 12.6 Å². The standard InChI is InChI=1S/C22H26F2N2O5/c1-5-29-17-11-14(12-18(30-6-2)20(17)31-7-3)21(27)26-19(22(28)25-4)13-8-9-15(23)16(24)10-13/h8-12,19H,5-7H2,1-4H3,(H,25,28)(H,26,27). The normalized spacial score (nSPS) is 11.4. The molecule has 0 saturated carbocycles. The summed E-state index contributed by atoms with van der Waals surface area (Å²) < 4.78 is 43.8. The van der Waals surface area contributed by atoms with Gasteiger partial charge in [-0.3, -0.25) is 9.59 Å². The molecule has 1 atom stereocenters. The molecular formula is C22H26F2N2O5. The molecule has 0 saturated heterocycles. The summed E-state index contributed by atoms with van der Waals surface area (Å²) in [5.41, 5.74) is 0.236. The minimum Gasteiger partial charge on any atom is -0.490 e. The lowest BCUT2D eigenvalue weighted by atomic mass is 10.0. The van der Waals surface area contributed by atoms with Crippen LogP contribution in [-0.4, -0.2) is 38.7 Å². The quantitative estimate of drug-likeness (QED) is 0.597. The van der Waals surface area contributed by atoms with Crippen molar-refractivity contribution in [1.29, 1.82) is 0 Å². The maximum Gasteiger partial charge on any atom is 0.252 e. The molecule has 2 aromatic carbocycles. The molecule has 2 N–H and O–H groups in total. The topological polar surface area (TPSA) is 85.9 Å². The van der Waals surface area contributed by atoms with Crippen LogP contribution in [0.15, 0.2) is 30.3 Å². The number of hydrogen-bond acceptors (Lipinski definition) is 5. The molecule has 168 valence electrons. The highest BCUT2D eigenvalue weighted by molar-refractivity contribution is 5.98. The molecule has 31 heavy (non-hydrogen) atoms. The van der Waals surface area contributed by atoms with Gasteiger partial charge in [-0.25, -0.2) is 8.78 Å². The van der Waals surface area contributed by atoms with Crippen LogP contribution in [0.4, 0.5) is 8.78 Å². The zero-order chi connectivity index (χ0) is 23.0. The SMILES string of the molecule is CCOc1cc(C(=O)NC(C(=O)NC)c2ccc(F)c(F)c2)cc(OCC)c1OCC. The van der Waals surface area contributed by atoms with E-state index in [1.54, 1.807) is 13.8 Å². The van der Waals surface area contributed by atoms with Crippen molar-refractivity contribution in [1.82, 2.24) is 10.6 Å². The number of halogens is 2. The maximum atomic E-state index is 13.7. The lowest BCUT2D eigenvalue weighted by Crippen LogP contribution is -2.39. The molecule has 0 radical (unpaired) electrons. The summed E-state index contributed by atoms with van der Waals surface area (Å²) in [7, 11) is 1.37. The van der Waals surface area contributed by atoms with Crippen LogP contribution in [0.25, 0.3) is 0 Å². The molecule has 2 rings (SSSR count). The second-order valence-corrected chi connectivity index (χ2v) is 6.29. The van der Waals surface area contributed by atoms with Crippen molar-refractivity contribution in [2.45, 2.75) is 26.8 Å². The van der Waals surface area contributed by atoms with E-state index >= 15 is 0 Å². The monoisotopic (exact) mass is 436 g/mol. The number of ether oxygens (including phenoxy) is 3. The lowest BCUT2D eigenvalue weighted by molar-refractivity contribution is -0.122. The van der Waals surface area contributed by atoms with E-state index < -0.39 is 29.5 Å². The first-order valence-electron chi connectivity index (χ1n) is 9.89. The second kappa shape index (κ2) is 11.1. The van der Waals surface area contributed by atoms with Gasteiger partial charge in [-0.15, -0.1) is 0 Å². The fourth-order valence-electron chi connectivity index (χ4n) is 2.87. The number of carbonyl (C=O) groups excluding carboxylic acids is 2. The first-order chi connectivity index (χ1) is 14.9. The van der Waals surface area contributed by atoms with E-state index in [0.717, 1.165) is 12.1 Å². The zero-order valence-electron chi connectivity index (χ0n) is 17.9. The van der Waals surface area contributed by atoms with Gasteiger partial charge in [0.1, 0.15) is 6.04 Å². The number of carbonyl (C=O) groups is 2. The highest BCUT2D eigenvalue weighted by atomic mass is 19.2. The third kappa shape index (κ3) is 5.84. The number of hydrogen-bond donors (Lipinski definition) is 2. The number of benzene rings is 2. The van der Waals surface area contributed by atoms with Gasteiger partial charge in [-0.2, -0.15) is 0 Å². The molecule has 0 aliphatic heterocycles. The predicted octanol–water partition coefficient (Wildman–Crippen LogP) is 3.38. The van der Waals surface area contributed by atoms with Gasteiger partial charge < -0.3 is 24.8 Å². The Morgan fingerprint density at radius 1 is 0.903 bits per heavy atom. The van der Waals surface area contributed by atoms with Crippen molar-refractivity contribution >= 4 is 11.8 Å². The number of amides is 2. The zero-order valence-corrected chi connectivity index (χ0v) is 17.9. The Hall–Kier alpha value is -3.36. The summed E-state index contributed by atoms with van der Waals surface area (Å²) in [5.74, 6) is -2.43. The van der Waals surface area contributed by atoms with Crippen LogP contribution in [0.1, 0.15) is 42.7 Å². The van der Waals surface area contributed by atoms with E-state index in [2.05, 4.69) is 10.6 Å². The average Bonchev–Trinajstić information content (AvgIpc) is 2.75. The summed E-state index contributed by atoms with van der Waals surface area (Å²) in [6.45, 7) is 6.39. The molecule has 0 aromatic heterocycles. The van der Waals surface area contributed by atoms with E-state index in [-0.39, 0.29) is 11.1 Å². The molecule has 7 nitrogen and oxygen atoms in total. The number of nitrogens with one attached hydrogen (secondary N) is 2. The fourth-order valence-corrected chi connectivity index (χ4v) is 2.87. The van der Waals surface area contributed by atoms with E-state index in [4.69, 9.17) is 14.2 Å². The average molecular weight is 436 g/mol. The van der Waals surface area contributed by atoms with Gasteiger partial charge in [0.05, 0.1) is 19.8 Å². The van der Waals surface area contributed by atoms with Crippen molar-refractivity contribution in [3.05, 3.63) is 53.1 Å². The van der Waals surface area contributed by atoms with Crippen LogP contribution in [0, 0.1) is 11.6 Å². The van der Waals surface area contributed by atoms with Gasteiger partial charge in [0.15, 0.2) is 23.1 Å². The van der Waals surface area contributed by atoms with Crippen LogP contribution in [0.2, 0.25) is 0 Å². The molecule has 0 bridgehead atoms. The molecule has 0 spiro atoms. The minimum atomic E-state index is -1.25. The summed E-state index contributed by atoms with van der Waals surface area (Å²) in [6, 6.07) is 4.69. The first kappa shape index (κ1) is 23.9. The smallest absolute Gasteiger partial charge is 0.252 e. The molecule has 0 fully saturated rings. The van der Waals surface area contributed by atoms with Crippen LogP contribution in [-0.2, 0) is 4.79 Å². The highest BCUT2D eigenvalue weighted by Crippen LogP contribution is 2.39. The van der Waals surface area contributed by atoms with E-state index in [0.29, 0.717) is 37.1 Å². The number of likely N-dealkylation sites (N-methyl/N-ethyl adjacent to an activating group) is 1. The van der Waals surface area contributed by atoms with Crippen molar-refractivity contribution in [3.8, 4) is 17.2 Å². The predicted molar refractivity (Wildman–Crippen MR) is 111 cm³/mol. The van der Waals surface area contributed by atoms with E-state index in [9.17, 15) is 18.4 Å². The maximum absolute atomic E-state index is 13.7.